The van der Waals surface area contributed by atoms with Crippen LogP contribution >= 0.6 is 39.0 Å². The molecular weight excluding hydrogens is 479 g/mol. The van der Waals surface area contributed by atoms with Crippen LogP contribution in [-0.4, -0.2) is 38.8 Å². The number of aromatic nitrogens is 3. The fourth-order valence-electron chi connectivity index (χ4n) is 2.58. The average Bonchev–Trinajstić information content (AvgIpc) is 3.30. The lowest BCUT2D eigenvalue weighted by atomic mass is 10.2. The highest BCUT2D eigenvalue weighted by molar-refractivity contribution is 9.11. The van der Waals surface area contributed by atoms with E-state index in [9.17, 15) is 14.0 Å². The van der Waals surface area contributed by atoms with Gasteiger partial charge in [0.1, 0.15) is 11.6 Å². The van der Waals surface area contributed by atoms with Crippen molar-refractivity contribution in [3.63, 3.8) is 0 Å². The van der Waals surface area contributed by atoms with E-state index in [1.54, 1.807) is 18.2 Å². The van der Waals surface area contributed by atoms with Crippen LogP contribution in [0, 0.1) is 5.82 Å². The zero-order valence-corrected chi connectivity index (χ0v) is 18.7. The van der Waals surface area contributed by atoms with Crippen molar-refractivity contribution >= 4 is 50.7 Å². The number of halogens is 2. The van der Waals surface area contributed by atoms with Crippen LogP contribution in [-0.2, 0) is 11.2 Å². The Morgan fingerprint density at radius 1 is 1.21 bits per heavy atom. The van der Waals surface area contributed by atoms with Crippen molar-refractivity contribution in [3.05, 3.63) is 56.7 Å². The molecule has 0 unspecified atom stereocenters. The first-order valence-electron chi connectivity index (χ1n) is 8.80. The van der Waals surface area contributed by atoms with Crippen LogP contribution in [0.25, 0.3) is 5.69 Å². The molecule has 0 aliphatic heterocycles. The second-order valence-electron chi connectivity index (χ2n) is 6.11. The van der Waals surface area contributed by atoms with Crippen molar-refractivity contribution in [3.8, 4) is 5.69 Å². The summed E-state index contributed by atoms with van der Waals surface area (Å²) < 4.78 is 16.1. The predicted octanol–water partition coefficient (Wildman–Crippen LogP) is 4.27. The van der Waals surface area contributed by atoms with Gasteiger partial charge in [-0.3, -0.25) is 14.2 Å². The molecule has 1 aromatic carbocycles. The lowest BCUT2D eigenvalue weighted by molar-refractivity contribution is -0.118. The molecule has 0 aliphatic rings. The van der Waals surface area contributed by atoms with Gasteiger partial charge in [0.2, 0.25) is 5.91 Å². The van der Waals surface area contributed by atoms with Crippen molar-refractivity contribution in [2.75, 3.05) is 12.3 Å². The van der Waals surface area contributed by atoms with Gasteiger partial charge in [-0.1, -0.05) is 11.8 Å². The number of benzene rings is 1. The highest BCUT2D eigenvalue weighted by Crippen LogP contribution is 2.27. The van der Waals surface area contributed by atoms with E-state index in [4.69, 9.17) is 0 Å². The van der Waals surface area contributed by atoms with Gasteiger partial charge in [-0.05, 0) is 58.7 Å². The van der Waals surface area contributed by atoms with E-state index in [1.165, 1.54) is 42.2 Å². The maximum Gasteiger partial charge on any atom is 0.216 e. The van der Waals surface area contributed by atoms with Crippen molar-refractivity contribution in [2.24, 2.45) is 0 Å². The van der Waals surface area contributed by atoms with Crippen molar-refractivity contribution in [2.45, 2.75) is 24.9 Å². The van der Waals surface area contributed by atoms with Gasteiger partial charge < -0.3 is 5.32 Å². The number of Topliss-reactive ketones (excluding diaryl/α,β-unsaturated/α-hetero) is 1. The fraction of sp³-hybridized carbons (Fsp3) is 0.263. The third-order valence-corrected chi connectivity index (χ3v) is 6.51. The number of amides is 1. The molecule has 1 amide bonds. The lowest BCUT2D eigenvalue weighted by Crippen LogP contribution is -2.21. The van der Waals surface area contributed by atoms with Gasteiger partial charge in [0, 0.05) is 25.6 Å². The molecule has 3 rings (SSSR count). The molecule has 152 valence electrons. The number of carbonyl (C=O) groups excluding carboxylic acids is 2. The van der Waals surface area contributed by atoms with E-state index >= 15 is 0 Å². The van der Waals surface area contributed by atoms with E-state index in [0.29, 0.717) is 35.2 Å². The number of nitrogens with one attached hydrogen (secondary N) is 1. The molecule has 0 spiro atoms. The van der Waals surface area contributed by atoms with E-state index in [2.05, 4.69) is 31.4 Å². The average molecular weight is 497 g/mol. The number of nitrogens with zero attached hydrogens (tertiary/aromatic N) is 3. The largest absolute Gasteiger partial charge is 0.356 e. The predicted molar refractivity (Wildman–Crippen MR) is 115 cm³/mol. The zero-order valence-electron chi connectivity index (χ0n) is 15.5. The van der Waals surface area contributed by atoms with Crippen LogP contribution in [0.2, 0.25) is 0 Å². The number of carbonyl (C=O) groups is 2. The van der Waals surface area contributed by atoms with Crippen LogP contribution in [0.5, 0.6) is 0 Å². The minimum absolute atomic E-state index is 0.00608. The molecule has 0 aliphatic carbocycles. The first-order chi connectivity index (χ1) is 13.9. The molecule has 0 saturated carbocycles. The van der Waals surface area contributed by atoms with Crippen LogP contribution in [0.15, 0.2) is 45.3 Å². The maximum atomic E-state index is 13.4. The molecule has 0 atom stereocenters. The molecule has 0 saturated heterocycles. The molecule has 6 nitrogen and oxygen atoms in total. The van der Waals surface area contributed by atoms with Gasteiger partial charge in [-0.2, -0.15) is 0 Å². The summed E-state index contributed by atoms with van der Waals surface area (Å²) in [4.78, 5) is 24.1. The molecule has 10 heteroatoms. The van der Waals surface area contributed by atoms with Gasteiger partial charge >= 0.3 is 0 Å². The first-order valence-corrected chi connectivity index (χ1v) is 11.4. The topological polar surface area (TPSA) is 76.9 Å². The van der Waals surface area contributed by atoms with Crippen LogP contribution in [0.4, 0.5) is 4.39 Å². The first kappa shape index (κ1) is 21.7. The molecule has 0 fully saturated rings. The van der Waals surface area contributed by atoms with Gasteiger partial charge in [0.05, 0.1) is 14.4 Å². The van der Waals surface area contributed by atoms with Crippen molar-refractivity contribution in [1.29, 1.82) is 0 Å². The standard InChI is InChI=1S/C19H18BrFN4O2S2/c1-12(26)22-10-2-3-18-23-24-19(25(18)14-6-4-13(21)5-7-14)28-11-15(27)16-8-9-17(20)29-16/h4-9H,2-3,10-11H2,1H3,(H,22,26). The van der Waals surface area contributed by atoms with Crippen LogP contribution < -0.4 is 5.32 Å². The van der Waals surface area contributed by atoms with E-state index in [0.717, 1.165) is 9.47 Å². The second kappa shape index (κ2) is 10.1. The second-order valence-corrected chi connectivity index (χ2v) is 9.52. The summed E-state index contributed by atoms with van der Waals surface area (Å²) in [6, 6.07) is 9.68. The fourth-order valence-corrected chi connectivity index (χ4v) is 4.85. The monoisotopic (exact) mass is 496 g/mol. The number of thiophene rings is 1. The summed E-state index contributed by atoms with van der Waals surface area (Å²) in [6.07, 6.45) is 1.27. The quantitative estimate of drug-likeness (QED) is 0.272. The minimum atomic E-state index is -0.332. The number of thioether (sulfide) groups is 1. The smallest absolute Gasteiger partial charge is 0.216 e. The summed E-state index contributed by atoms with van der Waals surface area (Å²) >= 11 is 6.04. The molecule has 0 radical (unpaired) electrons. The molecule has 2 heterocycles. The minimum Gasteiger partial charge on any atom is -0.356 e. The molecule has 0 bridgehead atoms. The summed E-state index contributed by atoms with van der Waals surface area (Å²) in [6.45, 7) is 2.00. The normalized spacial score (nSPS) is 10.9. The number of aryl methyl sites for hydroxylation is 1. The Kier molecular flexibility index (Phi) is 7.57. The number of hydrogen-bond donors (Lipinski definition) is 1. The van der Waals surface area contributed by atoms with E-state index in [-0.39, 0.29) is 23.3 Å². The Morgan fingerprint density at radius 2 is 1.97 bits per heavy atom. The van der Waals surface area contributed by atoms with Gasteiger partial charge in [-0.15, -0.1) is 21.5 Å². The Labute approximate surface area is 184 Å². The Bertz CT molecular complexity index is 1000. The summed E-state index contributed by atoms with van der Waals surface area (Å²) in [5.74, 6) is 0.502. The van der Waals surface area contributed by atoms with Crippen LogP contribution in [0.1, 0.15) is 28.8 Å². The van der Waals surface area contributed by atoms with Gasteiger partial charge in [-0.25, -0.2) is 4.39 Å². The number of rotatable bonds is 9. The Morgan fingerprint density at radius 3 is 2.62 bits per heavy atom. The van der Waals surface area contributed by atoms with Crippen molar-refractivity contribution in [1.82, 2.24) is 20.1 Å². The Balaban J connectivity index is 1.77. The summed E-state index contributed by atoms with van der Waals surface area (Å²) in [7, 11) is 0. The lowest BCUT2D eigenvalue weighted by Gasteiger charge is -2.10. The molecule has 3 aromatic rings. The van der Waals surface area contributed by atoms with Gasteiger partial charge in [0.25, 0.3) is 0 Å². The van der Waals surface area contributed by atoms with E-state index in [1.807, 2.05) is 10.6 Å². The third-order valence-electron chi connectivity index (χ3n) is 3.92. The highest BCUT2D eigenvalue weighted by atomic mass is 79.9. The highest BCUT2D eigenvalue weighted by Gasteiger charge is 2.17. The zero-order chi connectivity index (χ0) is 20.8. The van der Waals surface area contributed by atoms with Gasteiger partial charge in [0.15, 0.2) is 10.9 Å². The van der Waals surface area contributed by atoms with Crippen molar-refractivity contribution < 1.29 is 14.0 Å². The summed E-state index contributed by atoms with van der Waals surface area (Å²) in [5.41, 5.74) is 0.722. The molecule has 1 N–H and O–H groups in total. The molecule has 29 heavy (non-hydrogen) atoms. The summed E-state index contributed by atoms with van der Waals surface area (Å²) in [5, 5.41) is 11.8. The molecular formula is C19H18BrFN4O2S2. The van der Waals surface area contributed by atoms with Crippen LogP contribution in [0.3, 0.4) is 0 Å². The van der Waals surface area contributed by atoms with E-state index < -0.39 is 0 Å². The number of ketones is 1. The Hall–Kier alpha value is -2.04. The molecule has 2 aromatic heterocycles. The maximum absolute atomic E-state index is 13.4. The third kappa shape index (κ3) is 5.97. The SMILES string of the molecule is CC(=O)NCCCc1nnc(SCC(=O)c2ccc(Br)s2)n1-c1ccc(F)cc1. The number of hydrogen-bond acceptors (Lipinski definition) is 6.